The van der Waals surface area contributed by atoms with Gasteiger partial charge in [0.25, 0.3) is 5.56 Å². The summed E-state index contributed by atoms with van der Waals surface area (Å²) >= 11 is 0. The summed E-state index contributed by atoms with van der Waals surface area (Å²) in [4.78, 5) is 38.3. The van der Waals surface area contributed by atoms with E-state index < -0.39 is 74.4 Å². The van der Waals surface area contributed by atoms with Gasteiger partial charge in [0.05, 0.1) is 19.8 Å². The molecular weight excluding hydrogens is 615 g/mol. The Bertz CT molecular complexity index is 1440. The van der Waals surface area contributed by atoms with Gasteiger partial charge >= 0.3 is 22.1 Å². The molecule has 3 heterocycles. The minimum Gasteiger partial charge on any atom is -0.452 e. The molecule has 43 heavy (non-hydrogen) atoms. The van der Waals surface area contributed by atoms with Gasteiger partial charge in [0, 0.05) is 25.7 Å². The minimum atomic E-state index is -4.72. The molecule has 5 atom stereocenters. The topological polar surface area (TPSA) is 145 Å². The molecule has 0 unspecified atom stereocenters. The van der Waals surface area contributed by atoms with E-state index in [1.165, 1.54) is 23.9 Å². The molecule has 2 aliphatic heterocycles. The molecule has 1 spiro atoms. The zero-order chi connectivity index (χ0) is 33.1. The summed E-state index contributed by atoms with van der Waals surface area (Å²) in [7, 11) is -7.36. The van der Waals surface area contributed by atoms with Crippen molar-refractivity contribution in [2.75, 3.05) is 13.7 Å². The van der Waals surface area contributed by atoms with Crippen molar-refractivity contribution in [3.8, 4) is 0 Å². The van der Waals surface area contributed by atoms with Crippen molar-refractivity contribution in [3.05, 3.63) is 33.1 Å². The van der Waals surface area contributed by atoms with Gasteiger partial charge in [0.2, 0.25) is 0 Å². The predicted octanol–water partition coefficient (Wildman–Crippen LogP) is 3.72. The molecule has 3 rings (SSSR count). The van der Waals surface area contributed by atoms with Crippen LogP contribution in [0.1, 0.15) is 61.1 Å². The monoisotopic (exact) mass is 663 g/mol. The van der Waals surface area contributed by atoms with Crippen LogP contribution in [0.4, 0.5) is 4.79 Å². The molecule has 0 aliphatic carbocycles. The van der Waals surface area contributed by atoms with Gasteiger partial charge in [-0.15, -0.1) is 0 Å². The zero-order valence-electron chi connectivity index (χ0n) is 27.7. The van der Waals surface area contributed by atoms with Crippen LogP contribution in [-0.2, 0) is 39.9 Å². The fourth-order valence-electron chi connectivity index (χ4n) is 4.85. The van der Waals surface area contributed by atoms with E-state index in [9.17, 15) is 22.8 Å². The first-order valence-electron chi connectivity index (χ1n) is 14.4. The number of rotatable bonds is 6. The van der Waals surface area contributed by atoms with E-state index in [-0.39, 0.29) is 23.1 Å². The lowest BCUT2D eigenvalue weighted by atomic mass is 9.85. The third-order valence-electron chi connectivity index (χ3n) is 9.58. The van der Waals surface area contributed by atoms with Crippen LogP contribution >= 0.6 is 0 Å². The first-order valence-corrected chi connectivity index (χ1v) is 21.6. The van der Waals surface area contributed by atoms with Crippen molar-refractivity contribution < 1.29 is 35.7 Å². The van der Waals surface area contributed by atoms with Crippen molar-refractivity contribution in [2.24, 2.45) is 7.05 Å². The first-order chi connectivity index (χ1) is 19.3. The third kappa shape index (κ3) is 6.46. The second kappa shape index (κ2) is 11.5. The Kier molecular flexibility index (Phi) is 9.55. The Balaban J connectivity index is 2.30. The van der Waals surface area contributed by atoms with E-state index in [4.69, 9.17) is 22.5 Å². The number of amides is 1. The number of methoxy groups -OCH3 is 1. The second-order valence-electron chi connectivity index (χ2n) is 14.6. The molecule has 1 amide bonds. The van der Waals surface area contributed by atoms with Crippen LogP contribution in [0.5, 0.6) is 0 Å². The van der Waals surface area contributed by atoms with E-state index in [1.54, 1.807) is 6.92 Å². The highest BCUT2D eigenvalue weighted by molar-refractivity contribution is 7.85. The lowest BCUT2D eigenvalue weighted by molar-refractivity contribution is -0.0948. The average Bonchev–Trinajstić information content (AvgIpc) is 3.09. The smallest absolute Gasteiger partial charge is 0.425 e. The Morgan fingerprint density at radius 2 is 1.63 bits per heavy atom. The Morgan fingerprint density at radius 1 is 1.07 bits per heavy atom. The van der Waals surface area contributed by atoms with Crippen molar-refractivity contribution >= 4 is 33.0 Å². The van der Waals surface area contributed by atoms with Gasteiger partial charge in [0.15, 0.2) is 22.9 Å². The molecule has 13 nitrogen and oxygen atoms in total. The molecule has 0 radical (unpaired) electrons. The van der Waals surface area contributed by atoms with E-state index in [2.05, 4.69) is 33.9 Å². The molecule has 2 saturated heterocycles. The maximum absolute atomic E-state index is 13.7. The normalized spacial score (nSPS) is 28.3. The molecule has 1 aromatic rings. The lowest BCUT2D eigenvalue weighted by Crippen LogP contribution is -2.65. The van der Waals surface area contributed by atoms with Gasteiger partial charge in [-0.1, -0.05) is 41.5 Å². The van der Waals surface area contributed by atoms with Gasteiger partial charge in [-0.25, -0.2) is 13.8 Å². The van der Waals surface area contributed by atoms with E-state index in [1.807, 2.05) is 33.9 Å². The number of ether oxygens (including phenoxy) is 2. The van der Waals surface area contributed by atoms with Gasteiger partial charge in [-0.2, -0.15) is 12.7 Å². The average molecular weight is 664 g/mol. The fraction of sp³-hybridized carbons (Fsp3) is 0.815. The largest absolute Gasteiger partial charge is 0.452 e. The number of hydrogen-bond acceptors (Lipinski definition) is 10. The Hall–Kier alpha value is -1.83. The summed E-state index contributed by atoms with van der Waals surface area (Å²) in [6.45, 7) is 22.0. The molecular formula is C27H49N3O10SSi2. The summed E-state index contributed by atoms with van der Waals surface area (Å²) in [6.07, 6.45) is -3.11. The van der Waals surface area contributed by atoms with Crippen molar-refractivity contribution in [1.29, 1.82) is 0 Å². The molecule has 0 N–H and O–H groups in total. The molecule has 2 fully saturated rings. The quantitative estimate of drug-likeness (QED) is 0.413. The maximum Gasteiger partial charge on any atom is 0.425 e. The van der Waals surface area contributed by atoms with Crippen molar-refractivity contribution in [1.82, 2.24) is 13.4 Å². The Labute approximate surface area is 256 Å². The second-order valence-corrected chi connectivity index (χ2v) is 25.6. The summed E-state index contributed by atoms with van der Waals surface area (Å²) in [5, 5.41) is -0.488. The fourth-order valence-corrected chi connectivity index (χ4v) is 8.67. The van der Waals surface area contributed by atoms with Crippen LogP contribution < -0.4 is 11.2 Å². The van der Waals surface area contributed by atoms with Crippen molar-refractivity contribution in [3.63, 3.8) is 0 Å². The SMILES string of the molecule is COC(=O)N1[C@@H](C)C[C@]2(OS1(=O)=O)[C@@H](CO[Si](C)(C)C(C)(C)C)O[C@@H](n1ccc(=O)n(C)c1=O)[C@@H]2O[Si](C)(C)C(C)(C)C. The van der Waals surface area contributed by atoms with Crippen LogP contribution in [0, 0.1) is 0 Å². The summed E-state index contributed by atoms with van der Waals surface area (Å²) < 4.78 is 61.1. The van der Waals surface area contributed by atoms with Crippen LogP contribution in [0.3, 0.4) is 0 Å². The number of nitrogens with zero attached hydrogens (tertiary/aromatic N) is 3. The summed E-state index contributed by atoms with van der Waals surface area (Å²) in [6, 6.07) is 0.326. The van der Waals surface area contributed by atoms with Crippen LogP contribution in [0.2, 0.25) is 36.3 Å². The summed E-state index contributed by atoms with van der Waals surface area (Å²) in [5.41, 5.74) is -2.86. The number of carbonyl (C=O) groups excluding carboxylic acids is 1. The number of aromatic nitrogens is 2. The van der Waals surface area contributed by atoms with Crippen LogP contribution in [-0.4, -0.2) is 82.2 Å². The third-order valence-corrected chi connectivity index (χ3v) is 20.0. The van der Waals surface area contributed by atoms with Gasteiger partial charge < -0.3 is 18.3 Å². The standard InChI is InChI=1S/C27H49N3O10SSi2/c1-18-16-27(40-41(34,35)30(18)24(33)36-9)19(17-37-42(10,11)25(2,3)4)38-22(21(27)39-43(12,13)26(5,6)7)29-15-14-20(31)28(8)23(29)32/h14-15,18-19,21-22H,16-17H2,1-13H3/t18-,19+,21-,22+,27-/m0/s1. The van der Waals surface area contributed by atoms with Crippen LogP contribution in [0.25, 0.3) is 0 Å². The maximum atomic E-state index is 13.7. The highest BCUT2D eigenvalue weighted by atomic mass is 32.2. The molecule has 16 heteroatoms. The highest BCUT2D eigenvalue weighted by Gasteiger charge is 2.67. The predicted molar refractivity (Wildman–Crippen MR) is 166 cm³/mol. The van der Waals surface area contributed by atoms with E-state index in [0.717, 1.165) is 11.7 Å². The van der Waals surface area contributed by atoms with E-state index in [0.29, 0.717) is 4.31 Å². The van der Waals surface area contributed by atoms with Gasteiger partial charge in [-0.05, 0) is 43.2 Å². The molecule has 246 valence electrons. The van der Waals surface area contributed by atoms with Crippen LogP contribution in [0.15, 0.2) is 21.9 Å². The lowest BCUT2D eigenvalue weighted by Gasteiger charge is -2.49. The van der Waals surface area contributed by atoms with Crippen molar-refractivity contribution in [2.45, 2.75) is 121 Å². The molecule has 1 aromatic heterocycles. The first kappa shape index (κ1) is 35.7. The Morgan fingerprint density at radius 3 is 2.12 bits per heavy atom. The summed E-state index contributed by atoms with van der Waals surface area (Å²) in [5.74, 6) is 0. The number of hydrogen-bond donors (Lipinski definition) is 0. The van der Waals surface area contributed by atoms with Gasteiger partial charge in [0.1, 0.15) is 17.8 Å². The molecule has 0 bridgehead atoms. The van der Waals surface area contributed by atoms with E-state index >= 15 is 0 Å². The van der Waals surface area contributed by atoms with Gasteiger partial charge in [-0.3, -0.25) is 13.9 Å². The molecule has 2 aliphatic rings. The minimum absolute atomic E-state index is 0.0246. The molecule has 0 aromatic carbocycles. The zero-order valence-corrected chi connectivity index (χ0v) is 30.5. The molecule has 0 saturated carbocycles. The number of carbonyl (C=O) groups is 1. The highest BCUT2D eigenvalue weighted by Crippen LogP contribution is 2.52.